The van der Waals surface area contributed by atoms with Gasteiger partial charge < -0.3 is 15.5 Å². The predicted octanol–water partition coefficient (Wildman–Crippen LogP) is 1.77. The minimum absolute atomic E-state index is 0.647. The van der Waals surface area contributed by atoms with Crippen LogP contribution < -0.4 is 10.6 Å². The van der Waals surface area contributed by atoms with Gasteiger partial charge in [-0.3, -0.25) is 0 Å². The van der Waals surface area contributed by atoms with Crippen molar-refractivity contribution in [1.82, 2.24) is 4.90 Å². The molecule has 1 atom stereocenters. The molecule has 3 heteroatoms. The standard InChI is InChI=1S/C15H25N3/c1-12-5-4-6-15(13(12)2)18-9-7-14(11-18)17(3)10-8-16/h4-6,14H,7-11,16H2,1-3H3. The number of hydrogen-bond acceptors (Lipinski definition) is 3. The Morgan fingerprint density at radius 2 is 2.17 bits per heavy atom. The summed E-state index contributed by atoms with van der Waals surface area (Å²) in [5.74, 6) is 0. The van der Waals surface area contributed by atoms with Gasteiger partial charge in [-0.25, -0.2) is 0 Å². The van der Waals surface area contributed by atoms with Crippen LogP contribution in [-0.2, 0) is 0 Å². The molecule has 0 amide bonds. The largest absolute Gasteiger partial charge is 0.370 e. The zero-order chi connectivity index (χ0) is 13.1. The van der Waals surface area contributed by atoms with Crippen LogP contribution in [0.25, 0.3) is 0 Å². The number of likely N-dealkylation sites (N-methyl/N-ethyl adjacent to an activating group) is 1. The lowest BCUT2D eigenvalue weighted by molar-refractivity contribution is 0.266. The van der Waals surface area contributed by atoms with Crippen LogP contribution in [0.5, 0.6) is 0 Å². The number of anilines is 1. The number of nitrogens with two attached hydrogens (primary N) is 1. The number of benzene rings is 1. The first-order valence-corrected chi connectivity index (χ1v) is 6.85. The molecule has 0 saturated carbocycles. The molecule has 0 spiro atoms. The second kappa shape index (κ2) is 5.72. The third-order valence-corrected chi connectivity index (χ3v) is 4.19. The summed E-state index contributed by atoms with van der Waals surface area (Å²) in [6.45, 7) is 8.43. The minimum atomic E-state index is 0.647. The van der Waals surface area contributed by atoms with E-state index in [9.17, 15) is 0 Å². The van der Waals surface area contributed by atoms with E-state index in [-0.39, 0.29) is 0 Å². The minimum Gasteiger partial charge on any atom is -0.370 e. The van der Waals surface area contributed by atoms with E-state index in [1.165, 1.54) is 23.2 Å². The smallest absolute Gasteiger partial charge is 0.0399 e. The van der Waals surface area contributed by atoms with Gasteiger partial charge >= 0.3 is 0 Å². The van der Waals surface area contributed by atoms with Crippen LogP contribution in [0, 0.1) is 13.8 Å². The van der Waals surface area contributed by atoms with Crippen LogP contribution in [0.4, 0.5) is 5.69 Å². The fourth-order valence-electron chi connectivity index (χ4n) is 2.78. The van der Waals surface area contributed by atoms with Gasteiger partial charge in [0.05, 0.1) is 0 Å². The van der Waals surface area contributed by atoms with Crippen molar-refractivity contribution in [2.45, 2.75) is 26.3 Å². The predicted molar refractivity (Wildman–Crippen MR) is 78.2 cm³/mol. The second-order valence-corrected chi connectivity index (χ2v) is 5.38. The molecule has 1 aromatic carbocycles. The van der Waals surface area contributed by atoms with E-state index in [0.717, 1.165) is 26.2 Å². The van der Waals surface area contributed by atoms with E-state index in [1.807, 2.05) is 0 Å². The Kier molecular flexibility index (Phi) is 4.25. The summed E-state index contributed by atoms with van der Waals surface area (Å²) in [7, 11) is 2.18. The highest BCUT2D eigenvalue weighted by Gasteiger charge is 2.26. The van der Waals surface area contributed by atoms with Crippen LogP contribution in [0.2, 0.25) is 0 Å². The third kappa shape index (κ3) is 2.68. The molecule has 3 nitrogen and oxygen atoms in total. The number of rotatable bonds is 4. The summed E-state index contributed by atoms with van der Waals surface area (Å²) in [5, 5.41) is 0. The monoisotopic (exact) mass is 247 g/mol. The SMILES string of the molecule is Cc1cccc(N2CCC(N(C)CCN)C2)c1C. The first kappa shape index (κ1) is 13.4. The number of hydrogen-bond donors (Lipinski definition) is 1. The molecule has 1 saturated heterocycles. The molecule has 0 aromatic heterocycles. The molecule has 0 bridgehead atoms. The van der Waals surface area contributed by atoms with Crippen molar-refractivity contribution in [1.29, 1.82) is 0 Å². The second-order valence-electron chi connectivity index (χ2n) is 5.38. The van der Waals surface area contributed by atoms with Crippen LogP contribution in [-0.4, -0.2) is 44.2 Å². The van der Waals surface area contributed by atoms with Crippen molar-refractivity contribution in [3.05, 3.63) is 29.3 Å². The Morgan fingerprint density at radius 3 is 2.89 bits per heavy atom. The Bertz CT molecular complexity index is 403. The van der Waals surface area contributed by atoms with E-state index in [1.54, 1.807) is 0 Å². The van der Waals surface area contributed by atoms with Gasteiger partial charge in [0.25, 0.3) is 0 Å². The van der Waals surface area contributed by atoms with Crippen molar-refractivity contribution in [2.24, 2.45) is 5.73 Å². The molecule has 1 aliphatic rings. The van der Waals surface area contributed by atoms with E-state index in [2.05, 4.69) is 48.9 Å². The highest BCUT2D eigenvalue weighted by Crippen LogP contribution is 2.27. The molecule has 18 heavy (non-hydrogen) atoms. The Hall–Kier alpha value is -1.06. The Morgan fingerprint density at radius 1 is 1.39 bits per heavy atom. The molecule has 2 N–H and O–H groups in total. The van der Waals surface area contributed by atoms with Crippen LogP contribution in [0.1, 0.15) is 17.5 Å². The van der Waals surface area contributed by atoms with Gasteiger partial charge in [0.1, 0.15) is 0 Å². The maximum atomic E-state index is 5.63. The van der Waals surface area contributed by atoms with E-state index in [4.69, 9.17) is 5.73 Å². The van der Waals surface area contributed by atoms with E-state index in [0.29, 0.717) is 6.04 Å². The molecule has 1 aromatic rings. The molecule has 1 heterocycles. The molecule has 1 aliphatic heterocycles. The first-order chi connectivity index (χ1) is 8.63. The van der Waals surface area contributed by atoms with Crippen LogP contribution >= 0.6 is 0 Å². The van der Waals surface area contributed by atoms with E-state index < -0.39 is 0 Å². The summed E-state index contributed by atoms with van der Waals surface area (Å²) in [4.78, 5) is 4.91. The van der Waals surface area contributed by atoms with Crippen molar-refractivity contribution >= 4 is 5.69 Å². The average Bonchev–Trinajstić information content (AvgIpc) is 2.82. The molecule has 1 unspecified atom stereocenters. The molecule has 1 fully saturated rings. The summed E-state index contributed by atoms with van der Waals surface area (Å²) >= 11 is 0. The lowest BCUT2D eigenvalue weighted by atomic mass is 10.1. The zero-order valence-electron chi connectivity index (χ0n) is 11.8. The van der Waals surface area contributed by atoms with Gasteiger partial charge in [-0.15, -0.1) is 0 Å². The van der Waals surface area contributed by atoms with Crippen molar-refractivity contribution in [3.8, 4) is 0 Å². The molecule has 0 radical (unpaired) electrons. The Labute approximate surface area is 111 Å². The molecule has 100 valence electrons. The van der Waals surface area contributed by atoms with Gasteiger partial charge in [0.15, 0.2) is 0 Å². The summed E-state index contributed by atoms with van der Waals surface area (Å²) in [5.41, 5.74) is 9.83. The van der Waals surface area contributed by atoms with Gasteiger partial charge in [0, 0.05) is 37.9 Å². The molecule has 2 rings (SSSR count). The van der Waals surface area contributed by atoms with Crippen molar-refractivity contribution in [3.63, 3.8) is 0 Å². The van der Waals surface area contributed by atoms with Gasteiger partial charge in [0.2, 0.25) is 0 Å². The molecular weight excluding hydrogens is 222 g/mol. The maximum absolute atomic E-state index is 5.63. The van der Waals surface area contributed by atoms with E-state index >= 15 is 0 Å². The third-order valence-electron chi connectivity index (χ3n) is 4.19. The average molecular weight is 247 g/mol. The van der Waals surface area contributed by atoms with Crippen LogP contribution in [0.3, 0.4) is 0 Å². The first-order valence-electron chi connectivity index (χ1n) is 6.85. The zero-order valence-corrected chi connectivity index (χ0v) is 11.8. The van der Waals surface area contributed by atoms with Crippen molar-refractivity contribution < 1.29 is 0 Å². The fraction of sp³-hybridized carbons (Fsp3) is 0.600. The highest BCUT2D eigenvalue weighted by molar-refractivity contribution is 5.56. The number of aryl methyl sites for hydroxylation is 1. The molecular formula is C15H25N3. The molecule has 0 aliphatic carbocycles. The number of nitrogens with zero attached hydrogens (tertiary/aromatic N) is 2. The normalized spacial score (nSPS) is 19.8. The summed E-state index contributed by atoms with van der Waals surface area (Å²) in [6, 6.07) is 7.24. The highest BCUT2D eigenvalue weighted by atomic mass is 15.2. The quantitative estimate of drug-likeness (QED) is 0.880. The lowest BCUT2D eigenvalue weighted by Gasteiger charge is -2.26. The maximum Gasteiger partial charge on any atom is 0.0399 e. The van der Waals surface area contributed by atoms with Crippen molar-refractivity contribution in [2.75, 3.05) is 38.1 Å². The van der Waals surface area contributed by atoms with Crippen LogP contribution in [0.15, 0.2) is 18.2 Å². The summed E-state index contributed by atoms with van der Waals surface area (Å²) in [6.07, 6.45) is 1.24. The lowest BCUT2D eigenvalue weighted by Crippen LogP contribution is -2.37. The Balaban J connectivity index is 2.06. The van der Waals surface area contributed by atoms with Gasteiger partial charge in [-0.05, 0) is 44.5 Å². The fourth-order valence-corrected chi connectivity index (χ4v) is 2.78. The topological polar surface area (TPSA) is 32.5 Å². The van der Waals surface area contributed by atoms with Gasteiger partial charge in [-0.1, -0.05) is 12.1 Å². The van der Waals surface area contributed by atoms with Gasteiger partial charge in [-0.2, -0.15) is 0 Å². The summed E-state index contributed by atoms with van der Waals surface area (Å²) < 4.78 is 0.